The first-order chi connectivity index (χ1) is 8.66. The summed E-state index contributed by atoms with van der Waals surface area (Å²) in [5, 5.41) is 4.35. The molecule has 96 valence electrons. The zero-order valence-corrected chi connectivity index (χ0v) is 10.4. The summed E-state index contributed by atoms with van der Waals surface area (Å²) in [6, 6.07) is 4.37. The molecule has 0 spiro atoms. The number of hydrogen-bond donors (Lipinski definition) is 1. The highest BCUT2D eigenvalue weighted by molar-refractivity contribution is 6.30. The molecule has 2 atom stereocenters. The van der Waals surface area contributed by atoms with Crippen molar-refractivity contribution in [2.24, 2.45) is 10.9 Å². The molecular weight excluding hydrogens is 257 g/mol. The number of halogens is 2. The van der Waals surface area contributed by atoms with Crippen LogP contribution in [0.5, 0.6) is 0 Å². The van der Waals surface area contributed by atoms with Gasteiger partial charge in [-0.1, -0.05) is 22.8 Å². The number of rotatable bonds is 1. The third-order valence-electron chi connectivity index (χ3n) is 3.45. The Morgan fingerprint density at radius 1 is 1.50 bits per heavy atom. The molecule has 1 saturated heterocycles. The second-order valence-corrected chi connectivity index (χ2v) is 4.96. The Morgan fingerprint density at radius 3 is 3.06 bits per heavy atom. The lowest BCUT2D eigenvalue weighted by Crippen LogP contribution is -2.39. The number of benzene rings is 1. The van der Waals surface area contributed by atoms with Crippen LogP contribution < -0.4 is 5.73 Å². The van der Waals surface area contributed by atoms with Crippen LogP contribution >= 0.6 is 11.6 Å². The SMILES string of the molecule is N[C@@H]1C2=NOCCN2C[C@H]1c1ccc(Cl)cc1F. The summed E-state index contributed by atoms with van der Waals surface area (Å²) in [5.41, 5.74) is 6.71. The van der Waals surface area contributed by atoms with Gasteiger partial charge < -0.3 is 15.5 Å². The van der Waals surface area contributed by atoms with Crippen molar-refractivity contribution in [1.29, 1.82) is 0 Å². The van der Waals surface area contributed by atoms with Crippen molar-refractivity contribution in [1.82, 2.24) is 4.90 Å². The molecule has 4 nitrogen and oxygen atoms in total. The summed E-state index contributed by atoms with van der Waals surface area (Å²) in [6.07, 6.45) is 0. The van der Waals surface area contributed by atoms with Crippen molar-refractivity contribution < 1.29 is 9.23 Å². The molecule has 1 aromatic carbocycles. The molecule has 0 aliphatic carbocycles. The quantitative estimate of drug-likeness (QED) is 0.842. The van der Waals surface area contributed by atoms with Gasteiger partial charge in [0, 0.05) is 17.5 Å². The van der Waals surface area contributed by atoms with Gasteiger partial charge in [-0.2, -0.15) is 0 Å². The molecule has 2 aliphatic rings. The van der Waals surface area contributed by atoms with E-state index in [1.165, 1.54) is 6.07 Å². The molecule has 6 heteroatoms. The molecule has 0 amide bonds. The largest absolute Gasteiger partial charge is 0.392 e. The average molecular weight is 270 g/mol. The third kappa shape index (κ3) is 1.83. The van der Waals surface area contributed by atoms with E-state index in [1.54, 1.807) is 12.1 Å². The van der Waals surface area contributed by atoms with E-state index in [0.717, 1.165) is 6.54 Å². The second kappa shape index (κ2) is 4.40. The van der Waals surface area contributed by atoms with E-state index in [2.05, 4.69) is 5.16 Å². The minimum absolute atomic E-state index is 0.109. The number of fused-ring (bicyclic) bond motifs is 1. The molecule has 0 aromatic heterocycles. The van der Waals surface area contributed by atoms with Crippen LogP contribution in [-0.2, 0) is 4.84 Å². The van der Waals surface area contributed by atoms with Crippen LogP contribution in [0.25, 0.3) is 0 Å². The molecule has 3 rings (SSSR count). The molecule has 2 heterocycles. The zero-order valence-electron chi connectivity index (χ0n) is 9.64. The summed E-state index contributed by atoms with van der Waals surface area (Å²) < 4.78 is 13.9. The number of nitrogens with two attached hydrogens (primary N) is 1. The highest BCUT2D eigenvalue weighted by atomic mass is 35.5. The van der Waals surface area contributed by atoms with Gasteiger partial charge >= 0.3 is 0 Å². The lowest BCUT2D eigenvalue weighted by atomic mass is 9.94. The van der Waals surface area contributed by atoms with Gasteiger partial charge in [-0.3, -0.25) is 0 Å². The van der Waals surface area contributed by atoms with Crippen molar-refractivity contribution in [3.05, 3.63) is 34.6 Å². The van der Waals surface area contributed by atoms with Crippen LogP contribution in [0, 0.1) is 5.82 Å². The van der Waals surface area contributed by atoms with Crippen molar-refractivity contribution in [2.75, 3.05) is 19.7 Å². The highest BCUT2D eigenvalue weighted by Gasteiger charge is 2.39. The van der Waals surface area contributed by atoms with Crippen LogP contribution in [0.4, 0.5) is 4.39 Å². The summed E-state index contributed by atoms with van der Waals surface area (Å²) in [6.45, 7) is 1.96. The van der Waals surface area contributed by atoms with E-state index in [4.69, 9.17) is 22.2 Å². The topological polar surface area (TPSA) is 50.9 Å². The first-order valence-electron chi connectivity index (χ1n) is 5.82. The Kier molecular flexibility index (Phi) is 2.87. The van der Waals surface area contributed by atoms with E-state index in [-0.39, 0.29) is 17.8 Å². The molecule has 0 unspecified atom stereocenters. The first kappa shape index (κ1) is 11.7. The van der Waals surface area contributed by atoms with Gasteiger partial charge in [0.15, 0.2) is 5.84 Å². The molecule has 2 aliphatic heterocycles. The van der Waals surface area contributed by atoms with Crippen LogP contribution in [0.15, 0.2) is 23.4 Å². The molecule has 1 fully saturated rings. The van der Waals surface area contributed by atoms with Crippen LogP contribution in [0.3, 0.4) is 0 Å². The van der Waals surface area contributed by atoms with E-state index in [0.29, 0.717) is 29.6 Å². The average Bonchev–Trinajstić information content (AvgIpc) is 2.68. The Morgan fingerprint density at radius 2 is 2.33 bits per heavy atom. The molecule has 18 heavy (non-hydrogen) atoms. The number of nitrogens with zero attached hydrogens (tertiary/aromatic N) is 2. The standard InChI is InChI=1S/C12H13ClFN3O/c13-7-1-2-8(10(14)5-7)9-6-17-3-4-18-16-12(17)11(9)15/h1-2,5,9,11H,3-4,6,15H2/t9-,11-/m0/s1. The zero-order chi connectivity index (χ0) is 12.7. The normalized spacial score (nSPS) is 26.6. The Labute approximate surface area is 109 Å². The van der Waals surface area contributed by atoms with Crippen molar-refractivity contribution in [3.8, 4) is 0 Å². The molecule has 0 saturated carbocycles. The summed E-state index contributed by atoms with van der Waals surface area (Å²) in [4.78, 5) is 7.09. The fraction of sp³-hybridized carbons (Fsp3) is 0.417. The molecule has 0 radical (unpaired) electrons. The molecule has 0 bridgehead atoms. The second-order valence-electron chi connectivity index (χ2n) is 4.53. The van der Waals surface area contributed by atoms with Gasteiger partial charge in [0.25, 0.3) is 0 Å². The number of amidine groups is 1. The van der Waals surface area contributed by atoms with Gasteiger partial charge in [0.05, 0.1) is 12.6 Å². The predicted octanol–water partition coefficient (Wildman–Crippen LogP) is 1.55. The maximum absolute atomic E-state index is 13.9. The fourth-order valence-electron chi connectivity index (χ4n) is 2.52. The lowest BCUT2D eigenvalue weighted by Gasteiger charge is -2.22. The van der Waals surface area contributed by atoms with Crippen molar-refractivity contribution >= 4 is 17.4 Å². The van der Waals surface area contributed by atoms with E-state index in [9.17, 15) is 4.39 Å². The number of oxime groups is 1. The van der Waals surface area contributed by atoms with E-state index < -0.39 is 0 Å². The van der Waals surface area contributed by atoms with Crippen molar-refractivity contribution in [3.63, 3.8) is 0 Å². The van der Waals surface area contributed by atoms with Gasteiger partial charge in [0.1, 0.15) is 12.4 Å². The van der Waals surface area contributed by atoms with Gasteiger partial charge in [-0.25, -0.2) is 4.39 Å². The Hall–Kier alpha value is -1.33. The van der Waals surface area contributed by atoms with Gasteiger partial charge in [-0.05, 0) is 17.7 Å². The summed E-state index contributed by atoms with van der Waals surface area (Å²) >= 11 is 5.76. The van der Waals surface area contributed by atoms with Crippen LogP contribution in [0.2, 0.25) is 5.02 Å². The maximum atomic E-state index is 13.9. The lowest BCUT2D eigenvalue weighted by molar-refractivity contribution is 0.106. The third-order valence-corrected chi connectivity index (χ3v) is 3.68. The Balaban J connectivity index is 1.94. The first-order valence-corrected chi connectivity index (χ1v) is 6.20. The fourth-order valence-corrected chi connectivity index (χ4v) is 2.68. The monoisotopic (exact) mass is 269 g/mol. The molecule has 2 N–H and O–H groups in total. The number of hydrogen-bond acceptors (Lipinski definition) is 4. The van der Waals surface area contributed by atoms with Gasteiger partial charge in [0.2, 0.25) is 0 Å². The molecule has 1 aromatic rings. The summed E-state index contributed by atoms with van der Waals surface area (Å²) in [5.74, 6) is 0.285. The Bertz CT molecular complexity index is 508. The maximum Gasteiger partial charge on any atom is 0.162 e. The van der Waals surface area contributed by atoms with E-state index >= 15 is 0 Å². The smallest absolute Gasteiger partial charge is 0.162 e. The van der Waals surface area contributed by atoms with Crippen LogP contribution in [-0.4, -0.2) is 36.5 Å². The minimum Gasteiger partial charge on any atom is -0.392 e. The van der Waals surface area contributed by atoms with Crippen LogP contribution in [0.1, 0.15) is 11.5 Å². The minimum atomic E-state index is -0.332. The molecular formula is C12H13ClFN3O. The van der Waals surface area contributed by atoms with Gasteiger partial charge in [-0.15, -0.1) is 0 Å². The highest BCUT2D eigenvalue weighted by Crippen LogP contribution is 2.31. The predicted molar refractivity (Wildman–Crippen MR) is 67.1 cm³/mol. The van der Waals surface area contributed by atoms with Crippen molar-refractivity contribution in [2.45, 2.75) is 12.0 Å². The summed E-state index contributed by atoms with van der Waals surface area (Å²) in [7, 11) is 0. The van der Waals surface area contributed by atoms with E-state index in [1.807, 2.05) is 4.90 Å².